The summed E-state index contributed by atoms with van der Waals surface area (Å²) < 4.78 is 0.858. The zero-order valence-corrected chi connectivity index (χ0v) is 14.4. The van der Waals surface area contributed by atoms with Crippen molar-refractivity contribution in [1.82, 2.24) is 10.4 Å². The van der Waals surface area contributed by atoms with Gasteiger partial charge in [-0.05, 0) is 39.0 Å². The predicted molar refractivity (Wildman–Crippen MR) is 95.1 cm³/mol. The maximum absolute atomic E-state index is 12.0. The first-order valence-electron chi connectivity index (χ1n) is 6.94. The van der Waals surface area contributed by atoms with E-state index in [0.29, 0.717) is 5.57 Å². The highest BCUT2D eigenvalue weighted by Crippen LogP contribution is 2.15. The van der Waals surface area contributed by atoms with Gasteiger partial charge in [-0.2, -0.15) is 5.10 Å². The van der Waals surface area contributed by atoms with E-state index in [0.717, 1.165) is 26.8 Å². The molecule has 1 amide bonds. The van der Waals surface area contributed by atoms with Crippen molar-refractivity contribution in [2.75, 3.05) is 0 Å². The van der Waals surface area contributed by atoms with Crippen LogP contribution in [0.1, 0.15) is 26.5 Å². The number of rotatable bonds is 4. The van der Waals surface area contributed by atoms with Gasteiger partial charge >= 0.3 is 0 Å². The van der Waals surface area contributed by atoms with Gasteiger partial charge in [0.25, 0.3) is 5.91 Å². The second-order valence-electron chi connectivity index (χ2n) is 4.91. The van der Waals surface area contributed by atoms with Crippen LogP contribution in [0.25, 0.3) is 10.9 Å². The van der Waals surface area contributed by atoms with Crippen LogP contribution >= 0.6 is 15.9 Å². The normalized spacial score (nSPS) is 13.5. The molecule has 1 heterocycles. The zero-order chi connectivity index (χ0) is 16.1. The second-order valence-corrected chi connectivity index (χ2v) is 5.82. The van der Waals surface area contributed by atoms with Gasteiger partial charge in [-0.3, -0.25) is 4.79 Å². The van der Waals surface area contributed by atoms with Crippen LogP contribution in [-0.4, -0.2) is 16.6 Å². The molecule has 0 fully saturated rings. The van der Waals surface area contributed by atoms with Crippen molar-refractivity contribution in [2.24, 2.45) is 5.10 Å². The number of halogens is 1. The Balaban J connectivity index is 2.12. The number of nitrogens with one attached hydrogen (secondary N) is 2. The Morgan fingerprint density at radius 2 is 2.05 bits per heavy atom. The lowest BCUT2D eigenvalue weighted by atomic mass is 10.2. The van der Waals surface area contributed by atoms with E-state index in [-0.39, 0.29) is 5.91 Å². The third-order valence-electron chi connectivity index (χ3n) is 3.23. The lowest BCUT2D eigenvalue weighted by molar-refractivity contribution is -0.117. The first-order chi connectivity index (χ1) is 10.5. The van der Waals surface area contributed by atoms with Gasteiger partial charge in [0.05, 0.1) is 11.4 Å². The fourth-order valence-corrected chi connectivity index (χ4v) is 2.25. The van der Waals surface area contributed by atoms with Crippen molar-refractivity contribution in [1.29, 1.82) is 0 Å². The van der Waals surface area contributed by atoms with Crippen LogP contribution in [0, 0.1) is 0 Å². The van der Waals surface area contributed by atoms with Crippen LogP contribution in [0.3, 0.4) is 0 Å². The molecule has 0 bridgehead atoms. The minimum Gasteiger partial charge on any atom is -0.353 e. The minimum absolute atomic E-state index is 0.228. The Morgan fingerprint density at radius 3 is 2.73 bits per heavy atom. The third-order valence-corrected chi connectivity index (χ3v) is 3.92. The highest BCUT2D eigenvalue weighted by molar-refractivity contribution is 9.11. The van der Waals surface area contributed by atoms with E-state index in [1.54, 1.807) is 13.0 Å². The molecule has 0 saturated heterocycles. The highest BCUT2D eigenvalue weighted by Gasteiger charge is 2.06. The number of aromatic nitrogens is 1. The Hall–Kier alpha value is -2.14. The number of H-pyrrole nitrogens is 1. The second kappa shape index (κ2) is 7.22. The molecule has 0 aliphatic rings. The number of carbonyl (C=O) groups is 1. The van der Waals surface area contributed by atoms with E-state index in [9.17, 15) is 4.79 Å². The Bertz CT molecular complexity index is 751. The van der Waals surface area contributed by atoms with Gasteiger partial charge in [-0.15, -0.1) is 0 Å². The maximum atomic E-state index is 12.0. The summed E-state index contributed by atoms with van der Waals surface area (Å²) in [6.07, 6.45) is 3.62. The molecule has 4 nitrogen and oxygen atoms in total. The molecule has 0 saturated carbocycles. The maximum Gasteiger partial charge on any atom is 0.267 e. The summed E-state index contributed by atoms with van der Waals surface area (Å²) in [4.78, 5) is 15.2. The monoisotopic (exact) mass is 359 g/mol. The van der Waals surface area contributed by atoms with Crippen LogP contribution in [0.4, 0.5) is 0 Å². The van der Waals surface area contributed by atoms with Crippen molar-refractivity contribution < 1.29 is 4.79 Å². The number of amides is 1. The number of aromatic amines is 1. The zero-order valence-electron chi connectivity index (χ0n) is 12.8. The molecule has 0 spiro atoms. The Kier molecular flexibility index (Phi) is 5.33. The van der Waals surface area contributed by atoms with Gasteiger partial charge in [0, 0.05) is 21.0 Å². The summed E-state index contributed by atoms with van der Waals surface area (Å²) in [5, 5.41) is 5.27. The number of benzene rings is 1. The van der Waals surface area contributed by atoms with Gasteiger partial charge in [-0.25, -0.2) is 5.43 Å². The molecule has 5 heteroatoms. The average Bonchev–Trinajstić information content (AvgIpc) is 2.96. The third kappa shape index (κ3) is 3.95. The molecule has 0 radical (unpaired) electrons. The fourth-order valence-electron chi connectivity index (χ4n) is 1.91. The van der Waals surface area contributed by atoms with Crippen molar-refractivity contribution in [3.05, 3.63) is 58.2 Å². The van der Waals surface area contributed by atoms with Gasteiger partial charge in [0.1, 0.15) is 0 Å². The van der Waals surface area contributed by atoms with E-state index < -0.39 is 0 Å². The molecular formula is C17H18BrN3O. The van der Waals surface area contributed by atoms with Gasteiger partial charge < -0.3 is 4.98 Å². The molecule has 2 rings (SSSR count). The summed E-state index contributed by atoms with van der Waals surface area (Å²) in [7, 11) is 0. The molecule has 22 heavy (non-hydrogen) atoms. The summed E-state index contributed by atoms with van der Waals surface area (Å²) in [5.41, 5.74) is 5.81. The van der Waals surface area contributed by atoms with Crippen LogP contribution < -0.4 is 5.43 Å². The molecule has 1 aromatic heterocycles. The molecule has 2 aromatic rings. The van der Waals surface area contributed by atoms with E-state index in [2.05, 4.69) is 31.4 Å². The summed E-state index contributed by atoms with van der Waals surface area (Å²) in [5.74, 6) is -0.228. The Labute approximate surface area is 138 Å². The van der Waals surface area contributed by atoms with Gasteiger partial charge in [-0.1, -0.05) is 40.2 Å². The van der Waals surface area contributed by atoms with Crippen LogP contribution in [0.2, 0.25) is 0 Å². The number of allylic oxidation sites excluding steroid dienone is 3. The van der Waals surface area contributed by atoms with Crippen molar-refractivity contribution >= 4 is 38.5 Å². The fraction of sp³-hybridized carbons (Fsp3) is 0.176. The summed E-state index contributed by atoms with van der Waals surface area (Å²) in [6, 6.07) is 10.0. The summed E-state index contributed by atoms with van der Waals surface area (Å²) in [6.45, 7) is 5.49. The van der Waals surface area contributed by atoms with E-state index >= 15 is 0 Å². The lowest BCUT2D eigenvalue weighted by Crippen LogP contribution is -2.20. The molecular weight excluding hydrogens is 342 g/mol. The average molecular weight is 360 g/mol. The number of hydrazone groups is 1. The van der Waals surface area contributed by atoms with E-state index in [1.165, 1.54) is 0 Å². The van der Waals surface area contributed by atoms with Crippen LogP contribution in [-0.2, 0) is 4.79 Å². The molecule has 0 aliphatic heterocycles. The lowest BCUT2D eigenvalue weighted by Gasteiger charge is -2.01. The SMILES string of the molecule is CC=C(Br)C=C(C)C(=O)NN=C(C)c1cc2ccccc2[nH]1. The number of nitrogens with zero attached hydrogens (tertiary/aromatic N) is 1. The summed E-state index contributed by atoms with van der Waals surface area (Å²) >= 11 is 3.35. The predicted octanol–water partition coefficient (Wildman–Crippen LogP) is 4.25. The van der Waals surface area contributed by atoms with Gasteiger partial charge in [0.2, 0.25) is 0 Å². The number of hydrogen-bond donors (Lipinski definition) is 2. The van der Waals surface area contributed by atoms with Gasteiger partial charge in [0.15, 0.2) is 0 Å². The molecule has 114 valence electrons. The van der Waals surface area contributed by atoms with Crippen molar-refractivity contribution in [3.63, 3.8) is 0 Å². The Morgan fingerprint density at radius 1 is 1.32 bits per heavy atom. The van der Waals surface area contributed by atoms with Crippen LogP contribution in [0.5, 0.6) is 0 Å². The first-order valence-corrected chi connectivity index (χ1v) is 7.73. The number of para-hydroxylation sites is 1. The smallest absolute Gasteiger partial charge is 0.267 e. The number of carbonyl (C=O) groups excluding carboxylic acids is 1. The standard InChI is InChI=1S/C17H18BrN3O/c1-4-14(18)9-11(2)17(22)21-20-12(3)16-10-13-7-5-6-8-15(13)19-16/h4-10,19H,1-3H3,(H,21,22). The van der Waals surface area contributed by atoms with E-state index in [4.69, 9.17) is 0 Å². The quantitative estimate of drug-likeness (QED) is 0.364. The number of fused-ring (bicyclic) bond motifs is 1. The topological polar surface area (TPSA) is 57.2 Å². The first kappa shape index (κ1) is 16.2. The van der Waals surface area contributed by atoms with Crippen LogP contribution in [0.15, 0.2) is 57.6 Å². The largest absolute Gasteiger partial charge is 0.353 e. The van der Waals surface area contributed by atoms with E-state index in [1.807, 2.05) is 50.3 Å². The molecule has 0 aliphatic carbocycles. The molecule has 0 unspecified atom stereocenters. The highest BCUT2D eigenvalue weighted by atomic mass is 79.9. The minimum atomic E-state index is -0.228. The molecule has 1 aromatic carbocycles. The van der Waals surface area contributed by atoms with Crippen molar-refractivity contribution in [3.8, 4) is 0 Å². The molecule has 0 atom stereocenters. The van der Waals surface area contributed by atoms with Crippen molar-refractivity contribution in [2.45, 2.75) is 20.8 Å². The number of hydrogen-bond acceptors (Lipinski definition) is 2. The molecule has 2 N–H and O–H groups in total.